The topological polar surface area (TPSA) is 54.5 Å². The number of H-pyrrole nitrogens is 1. The largest absolute Gasteiger partial charge is 0.261 e. The first-order chi connectivity index (χ1) is 8.42. The third-order valence-corrected chi connectivity index (χ3v) is 2.98. The van der Waals surface area contributed by atoms with Gasteiger partial charge in [-0.3, -0.25) is 5.10 Å². The Morgan fingerprint density at radius 1 is 0.941 bits per heavy atom. The Hall–Kier alpha value is -2.49. The fraction of sp³-hybridized carbons (Fsp3) is 0. The average Bonchev–Trinajstić information content (AvgIpc) is 2.83. The number of pyridine rings is 2. The minimum Gasteiger partial charge on any atom is -0.261 e. The standard InChI is InChI=1S/C13H8N4/c1-2-4-10-8(3-1)6-14-13-11(10)5-9-7-15-17-12(9)16-13/h1-7H,(H,14,15,16,17). The Bertz CT molecular complexity index is 848. The van der Waals surface area contributed by atoms with E-state index in [0.29, 0.717) is 0 Å². The quantitative estimate of drug-likeness (QED) is 0.463. The third-order valence-electron chi connectivity index (χ3n) is 2.98. The van der Waals surface area contributed by atoms with Crippen LogP contribution in [0.2, 0.25) is 0 Å². The molecule has 0 unspecified atom stereocenters. The summed E-state index contributed by atoms with van der Waals surface area (Å²) < 4.78 is 0. The molecule has 0 saturated heterocycles. The Kier molecular flexibility index (Phi) is 1.53. The lowest BCUT2D eigenvalue weighted by molar-refractivity contribution is 1.10. The predicted octanol–water partition coefficient (Wildman–Crippen LogP) is 2.66. The van der Waals surface area contributed by atoms with Gasteiger partial charge in [-0.1, -0.05) is 24.3 Å². The van der Waals surface area contributed by atoms with Crippen LogP contribution in [0.5, 0.6) is 0 Å². The Morgan fingerprint density at radius 2 is 1.88 bits per heavy atom. The van der Waals surface area contributed by atoms with Gasteiger partial charge in [-0.2, -0.15) is 5.10 Å². The van der Waals surface area contributed by atoms with Crippen molar-refractivity contribution >= 4 is 32.8 Å². The molecule has 0 bridgehead atoms. The second-order valence-electron chi connectivity index (χ2n) is 4.01. The Morgan fingerprint density at radius 3 is 2.88 bits per heavy atom. The van der Waals surface area contributed by atoms with E-state index in [1.54, 1.807) is 6.20 Å². The van der Waals surface area contributed by atoms with Gasteiger partial charge in [-0.05, 0) is 11.5 Å². The third kappa shape index (κ3) is 1.15. The van der Waals surface area contributed by atoms with Crippen molar-refractivity contribution in [3.63, 3.8) is 0 Å². The molecule has 0 spiro atoms. The molecular formula is C13H8N4. The van der Waals surface area contributed by atoms with Crippen LogP contribution in [0.1, 0.15) is 0 Å². The van der Waals surface area contributed by atoms with Crippen LogP contribution in [0.3, 0.4) is 0 Å². The van der Waals surface area contributed by atoms with E-state index >= 15 is 0 Å². The summed E-state index contributed by atoms with van der Waals surface area (Å²) in [6.45, 7) is 0. The molecule has 4 aromatic rings. The first-order valence-corrected chi connectivity index (χ1v) is 5.39. The van der Waals surface area contributed by atoms with Crippen LogP contribution in [0.25, 0.3) is 32.8 Å². The highest BCUT2D eigenvalue weighted by atomic mass is 15.1. The zero-order chi connectivity index (χ0) is 11.2. The second-order valence-corrected chi connectivity index (χ2v) is 4.01. The van der Waals surface area contributed by atoms with Gasteiger partial charge >= 0.3 is 0 Å². The number of aromatic nitrogens is 4. The van der Waals surface area contributed by atoms with Crippen LogP contribution < -0.4 is 0 Å². The summed E-state index contributed by atoms with van der Waals surface area (Å²) in [5, 5.41) is 11.2. The van der Waals surface area contributed by atoms with Gasteiger partial charge in [0.1, 0.15) is 0 Å². The predicted molar refractivity (Wildman–Crippen MR) is 66.7 cm³/mol. The highest BCUT2D eigenvalue weighted by molar-refractivity contribution is 6.07. The van der Waals surface area contributed by atoms with Crippen molar-refractivity contribution in [3.05, 3.63) is 42.7 Å². The molecule has 3 heterocycles. The molecular weight excluding hydrogens is 212 g/mol. The van der Waals surface area contributed by atoms with Crippen LogP contribution in [0.4, 0.5) is 0 Å². The Labute approximate surface area is 96.3 Å². The van der Waals surface area contributed by atoms with Crippen LogP contribution in [0, 0.1) is 0 Å². The summed E-state index contributed by atoms with van der Waals surface area (Å²) in [5.74, 6) is 0. The lowest BCUT2D eigenvalue weighted by Crippen LogP contribution is -1.86. The maximum absolute atomic E-state index is 4.46. The monoisotopic (exact) mass is 220 g/mol. The molecule has 17 heavy (non-hydrogen) atoms. The smallest absolute Gasteiger partial charge is 0.162 e. The van der Waals surface area contributed by atoms with Gasteiger partial charge in [0.25, 0.3) is 0 Å². The van der Waals surface area contributed by atoms with Gasteiger partial charge in [-0.25, -0.2) is 9.97 Å². The maximum Gasteiger partial charge on any atom is 0.162 e. The molecule has 80 valence electrons. The molecule has 0 atom stereocenters. The lowest BCUT2D eigenvalue weighted by atomic mass is 10.1. The van der Waals surface area contributed by atoms with Crippen molar-refractivity contribution in [2.45, 2.75) is 0 Å². The van der Waals surface area contributed by atoms with Crippen LogP contribution >= 0.6 is 0 Å². The fourth-order valence-electron chi connectivity index (χ4n) is 2.15. The Balaban J connectivity index is 2.30. The van der Waals surface area contributed by atoms with Crippen LogP contribution in [-0.4, -0.2) is 20.2 Å². The van der Waals surface area contributed by atoms with E-state index in [9.17, 15) is 0 Å². The van der Waals surface area contributed by atoms with E-state index in [0.717, 1.165) is 27.5 Å². The number of nitrogens with zero attached hydrogens (tertiary/aromatic N) is 3. The second kappa shape index (κ2) is 3.01. The number of fused-ring (bicyclic) bond motifs is 4. The number of benzene rings is 1. The van der Waals surface area contributed by atoms with E-state index in [1.807, 2.05) is 18.3 Å². The number of rotatable bonds is 0. The summed E-state index contributed by atoms with van der Waals surface area (Å²) in [6, 6.07) is 10.3. The fourth-order valence-corrected chi connectivity index (χ4v) is 2.15. The molecule has 0 aliphatic heterocycles. The highest BCUT2D eigenvalue weighted by Gasteiger charge is 2.05. The van der Waals surface area contributed by atoms with E-state index in [-0.39, 0.29) is 0 Å². The highest BCUT2D eigenvalue weighted by Crippen LogP contribution is 2.24. The van der Waals surface area contributed by atoms with Crippen molar-refractivity contribution in [1.82, 2.24) is 20.2 Å². The first kappa shape index (κ1) is 8.64. The molecule has 4 nitrogen and oxygen atoms in total. The summed E-state index contributed by atoms with van der Waals surface area (Å²) in [7, 11) is 0. The van der Waals surface area contributed by atoms with Crippen molar-refractivity contribution in [2.24, 2.45) is 0 Å². The van der Waals surface area contributed by atoms with Gasteiger partial charge in [-0.15, -0.1) is 0 Å². The van der Waals surface area contributed by atoms with E-state index < -0.39 is 0 Å². The molecule has 1 aromatic carbocycles. The van der Waals surface area contributed by atoms with Gasteiger partial charge in [0.15, 0.2) is 11.3 Å². The molecule has 0 amide bonds. The SMILES string of the molecule is c1ccc2c(c1)cnc1nc3[nH]ncc3cc12. The minimum absolute atomic E-state index is 0.750. The minimum atomic E-state index is 0.750. The van der Waals surface area contributed by atoms with Crippen molar-refractivity contribution in [3.8, 4) is 0 Å². The van der Waals surface area contributed by atoms with Gasteiger partial charge in [0.05, 0.1) is 6.20 Å². The number of hydrogen-bond acceptors (Lipinski definition) is 3. The molecule has 0 aliphatic carbocycles. The molecule has 3 aromatic heterocycles. The summed E-state index contributed by atoms with van der Waals surface area (Å²) >= 11 is 0. The molecule has 0 aliphatic rings. The van der Waals surface area contributed by atoms with E-state index in [2.05, 4.69) is 38.4 Å². The zero-order valence-electron chi connectivity index (χ0n) is 8.88. The molecule has 0 saturated carbocycles. The van der Waals surface area contributed by atoms with Gasteiger partial charge < -0.3 is 0 Å². The molecule has 1 N–H and O–H groups in total. The number of hydrogen-bond donors (Lipinski definition) is 1. The normalized spacial score (nSPS) is 11.5. The molecule has 4 rings (SSSR count). The molecule has 0 fully saturated rings. The zero-order valence-corrected chi connectivity index (χ0v) is 8.88. The first-order valence-electron chi connectivity index (χ1n) is 5.39. The molecule has 4 heteroatoms. The van der Waals surface area contributed by atoms with Crippen molar-refractivity contribution in [2.75, 3.05) is 0 Å². The summed E-state index contributed by atoms with van der Waals surface area (Å²) in [4.78, 5) is 8.84. The van der Waals surface area contributed by atoms with E-state index in [4.69, 9.17) is 0 Å². The van der Waals surface area contributed by atoms with Crippen LogP contribution in [0.15, 0.2) is 42.7 Å². The number of nitrogens with one attached hydrogen (secondary N) is 1. The summed E-state index contributed by atoms with van der Waals surface area (Å²) in [6.07, 6.45) is 3.64. The van der Waals surface area contributed by atoms with Crippen molar-refractivity contribution < 1.29 is 0 Å². The van der Waals surface area contributed by atoms with Gasteiger partial charge in [0, 0.05) is 22.4 Å². The summed E-state index contributed by atoms with van der Waals surface area (Å²) in [5.41, 5.74) is 1.53. The number of aromatic amines is 1. The van der Waals surface area contributed by atoms with Crippen molar-refractivity contribution in [1.29, 1.82) is 0 Å². The van der Waals surface area contributed by atoms with E-state index in [1.165, 1.54) is 5.39 Å². The molecule has 0 radical (unpaired) electrons. The van der Waals surface area contributed by atoms with Gasteiger partial charge in [0.2, 0.25) is 0 Å². The van der Waals surface area contributed by atoms with Crippen LogP contribution in [-0.2, 0) is 0 Å². The average molecular weight is 220 g/mol. The lowest BCUT2D eigenvalue weighted by Gasteiger charge is -2.01. The maximum atomic E-state index is 4.46.